The molecule has 0 spiro atoms. The number of anilines is 1. The summed E-state index contributed by atoms with van der Waals surface area (Å²) in [7, 11) is 0. The number of carbonyl (C=O) groups is 1. The van der Waals surface area contributed by atoms with Gasteiger partial charge < -0.3 is 14.8 Å². The molecular formula is C16H15N5O4. The van der Waals surface area contributed by atoms with Crippen molar-refractivity contribution in [1.29, 1.82) is 0 Å². The molecule has 1 amide bonds. The van der Waals surface area contributed by atoms with Gasteiger partial charge in [-0.25, -0.2) is 4.98 Å². The summed E-state index contributed by atoms with van der Waals surface area (Å²) >= 11 is 0. The number of rotatable bonds is 3. The average molecular weight is 341 g/mol. The Bertz CT molecular complexity index is 1020. The van der Waals surface area contributed by atoms with Gasteiger partial charge in [0, 0.05) is 23.5 Å². The predicted molar refractivity (Wildman–Crippen MR) is 88.1 cm³/mol. The molecule has 1 aliphatic heterocycles. The Balaban J connectivity index is 1.50. The van der Waals surface area contributed by atoms with Crippen LogP contribution in [0.3, 0.4) is 0 Å². The fraction of sp³-hybridized carbons (Fsp3) is 0.250. The van der Waals surface area contributed by atoms with Gasteiger partial charge >= 0.3 is 0 Å². The fourth-order valence-electron chi connectivity index (χ4n) is 2.59. The lowest BCUT2D eigenvalue weighted by molar-refractivity contribution is -0.115. The number of aryl methyl sites for hydroxylation is 1. The quantitative estimate of drug-likeness (QED) is 0.725. The maximum Gasteiger partial charge on any atom is 0.274 e. The molecule has 0 atom stereocenters. The Kier molecular flexibility index (Phi) is 3.60. The summed E-state index contributed by atoms with van der Waals surface area (Å²) in [6.45, 7) is 2.70. The first-order chi connectivity index (χ1) is 12.1. The number of nitrogens with one attached hydrogen (secondary N) is 2. The molecule has 1 aliphatic rings. The second-order valence-corrected chi connectivity index (χ2v) is 5.62. The lowest BCUT2D eigenvalue weighted by atomic mass is 10.2. The molecule has 128 valence electrons. The summed E-state index contributed by atoms with van der Waals surface area (Å²) in [5, 5.41) is 5.55. The molecule has 3 heterocycles. The van der Waals surface area contributed by atoms with Gasteiger partial charge in [0.25, 0.3) is 11.3 Å². The monoisotopic (exact) mass is 341 g/mol. The second kappa shape index (κ2) is 5.93. The lowest BCUT2D eigenvalue weighted by Gasteiger charge is -2.18. The first kappa shape index (κ1) is 15.2. The normalized spacial score (nSPS) is 13.0. The number of amides is 1. The van der Waals surface area contributed by atoms with Crippen LogP contribution in [0, 0.1) is 6.92 Å². The minimum atomic E-state index is -0.277. The van der Waals surface area contributed by atoms with Crippen LogP contribution in [0.1, 0.15) is 11.5 Å². The van der Waals surface area contributed by atoms with Gasteiger partial charge in [-0.05, 0) is 19.1 Å². The van der Waals surface area contributed by atoms with Gasteiger partial charge in [-0.3, -0.25) is 14.7 Å². The average Bonchev–Trinajstić information content (AvgIpc) is 2.97. The molecule has 9 nitrogen and oxygen atoms in total. The van der Waals surface area contributed by atoms with Crippen LogP contribution in [-0.2, 0) is 11.2 Å². The molecule has 0 saturated heterocycles. The van der Waals surface area contributed by atoms with Gasteiger partial charge in [0.05, 0.1) is 6.42 Å². The van der Waals surface area contributed by atoms with Crippen LogP contribution in [0.25, 0.3) is 5.78 Å². The maximum atomic E-state index is 12.2. The van der Waals surface area contributed by atoms with Crippen molar-refractivity contribution in [3.63, 3.8) is 0 Å². The molecule has 0 aliphatic carbocycles. The molecule has 0 saturated carbocycles. The van der Waals surface area contributed by atoms with Crippen molar-refractivity contribution in [2.45, 2.75) is 13.3 Å². The highest BCUT2D eigenvalue weighted by Crippen LogP contribution is 2.32. The van der Waals surface area contributed by atoms with E-state index in [4.69, 9.17) is 9.47 Å². The summed E-state index contributed by atoms with van der Waals surface area (Å²) in [5.41, 5.74) is 0.897. The summed E-state index contributed by atoms with van der Waals surface area (Å²) < 4.78 is 12.1. The second-order valence-electron chi connectivity index (χ2n) is 5.62. The summed E-state index contributed by atoms with van der Waals surface area (Å²) in [6, 6.07) is 6.58. The number of hydrogen-bond donors (Lipinski definition) is 2. The van der Waals surface area contributed by atoms with E-state index in [1.165, 1.54) is 10.6 Å². The van der Waals surface area contributed by atoms with Gasteiger partial charge in [0.2, 0.25) is 5.91 Å². The zero-order valence-electron chi connectivity index (χ0n) is 13.4. The van der Waals surface area contributed by atoms with Crippen molar-refractivity contribution in [2.24, 2.45) is 0 Å². The fourth-order valence-corrected chi connectivity index (χ4v) is 2.59. The Morgan fingerprint density at radius 2 is 2.04 bits per heavy atom. The molecule has 0 bridgehead atoms. The third kappa shape index (κ3) is 3.03. The van der Waals surface area contributed by atoms with Crippen LogP contribution in [0.4, 0.5) is 5.69 Å². The van der Waals surface area contributed by atoms with E-state index in [0.29, 0.717) is 41.9 Å². The minimum absolute atomic E-state index is 0.0176. The van der Waals surface area contributed by atoms with Crippen molar-refractivity contribution in [1.82, 2.24) is 19.6 Å². The molecule has 2 aromatic heterocycles. The number of aromatic nitrogens is 4. The van der Waals surface area contributed by atoms with Crippen molar-refractivity contribution in [3.8, 4) is 11.5 Å². The summed E-state index contributed by atoms with van der Waals surface area (Å²) in [5.74, 6) is 1.57. The molecule has 9 heteroatoms. The van der Waals surface area contributed by atoms with E-state index in [1.54, 1.807) is 25.1 Å². The van der Waals surface area contributed by atoms with Crippen molar-refractivity contribution in [3.05, 3.63) is 46.1 Å². The maximum absolute atomic E-state index is 12.2. The van der Waals surface area contributed by atoms with Gasteiger partial charge in [0.1, 0.15) is 19.0 Å². The number of carbonyl (C=O) groups excluding carboxylic acids is 1. The minimum Gasteiger partial charge on any atom is -0.486 e. The number of benzene rings is 1. The standard InChI is InChI=1S/C16H15N5O4/c1-9-6-15(23)21-16(17-9)19-13(20-21)8-14(22)18-10-2-3-11-12(7-10)25-5-4-24-11/h2-3,6-7H,4-5,8H2,1H3,(H,18,22)(H,17,19,20). The number of ether oxygens (including phenoxy) is 2. The zero-order chi connectivity index (χ0) is 17.4. The molecular weight excluding hydrogens is 326 g/mol. The van der Waals surface area contributed by atoms with E-state index in [9.17, 15) is 9.59 Å². The van der Waals surface area contributed by atoms with E-state index >= 15 is 0 Å². The van der Waals surface area contributed by atoms with Crippen LogP contribution in [-0.4, -0.2) is 38.7 Å². The van der Waals surface area contributed by atoms with Gasteiger partial charge in [-0.15, -0.1) is 0 Å². The van der Waals surface area contributed by atoms with E-state index in [2.05, 4.69) is 20.4 Å². The van der Waals surface area contributed by atoms with Crippen LogP contribution in [0.2, 0.25) is 0 Å². The van der Waals surface area contributed by atoms with Crippen molar-refractivity contribution >= 4 is 17.4 Å². The topological polar surface area (TPSA) is 111 Å². The molecule has 0 radical (unpaired) electrons. The molecule has 2 N–H and O–H groups in total. The largest absolute Gasteiger partial charge is 0.486 e. The Morgan fingerprint density at radius 1 is 1.24 bits per heavy atom. The van der Waals surface area contributed by atoms with Gasteiger partial charge in [0.15, 0.2) is 11.5 Å². The first-order valence-electron chi connectivity index (χ1n) is 7.73. The highest BCUT2D eigenvalue weighted by molar-refractivity contribution is 5.92. The van der Waals surface area contributed by atoms with Crippen LogP contribution >= 0.6 is 0 Å². The zero-order valence-corrected chi connectivity index (χ0v) is 13.4. The summed E-state index contributed by atoms with van der Waals surface area (Å²) in [4.78, 5) is 32.4. The predicted octanol–water partition coefficient (Wildman–Crippen LogP) is 0.678. The summed E-state index contributed by atoms with van der Waals surface area (Å²) in [6.07, 6.45) is -0.0176. The van der Waals surface area contributed by atoms with E-state index in [1.807, 2.05) is 0 Å². The van der Waals surface area contributed by atoms with Gasteiger partial charge in [-0.2, -0.15) is 9.50 Å². The molecule has 25 heavy (non-hydrogen) atoms. The first-order valence-corrected chi connectivity index (χ1v) is 7.73. The Hall–Kier alpha value is -3.36. The van der Waals surface area contributed by atoms with Gasteiger partial charge in [-0.1, -0.05) is 0 Å². The van der Waals surface area contributed by atoms with Crippen LogP contribution < -0.4 is 20.3 Å². The number of hydrogen-bond acceptors (Lipinski definition) is 6. The van der Waals surface area contributed by atoms with E-state index < -0.39 is 0 Å². The third-order valence-electron chi connectivity index (χ3n) is 3.66. The highest BCUT2D eigenvalue weighted by atomic mass is 16.6. The number of nitrogens with zero attached hydrogens (tertiary/aromatic N) is 3. The smallest absolute Gasteiger partial charge is 0.274 e. The van der Waals surface area contributed by atoms with E-state index in [-0.39, 0.29) is 23.7 Å². The van der Waals surface area contributed by atoms with E-state index in [0.717, 1.165) is 0 Å². The highest BCUT2D eigenvalue weighted by Gasteiger charge is 2.14. The lowest BCUT2D eigenvalue weighted by Crippen LogP contribution is -2.18. The number of aromatic amines is 1. The molecule has 3 aromatic rings. The van der Waals surface area contributed by atoms with Crippen LogP contribution in [0.15, 0.2) is 29.1 Å². The number of H-pyrrole nitrogens is 1. The SMILES string of the molecule is Cc1cc(=O)n2[nH]c(CC(=O)Nc3ccc4c(c3)OCCO4)nc2n1. The van der Waals surface area contributed by atoms with Crippen molar-refractivity contribution in [2.75, 3.05) is 18.5 Å². The number of fused-ring (bicyclic) bond motifs is 2. The third-order valence-corrected chi connectivity index (χ3v) is 3.66. The molecule has 4 rings (SSSR count). The molecule has 0 fully saturated rings. The van der Waals surface area contributed by atoms with Crippen LogP contribution in [0.5, 0.6) is 11.5 Å². The molecule has 1 aromatic carbocycles. The Morgan fingerprint density at radius 3 is 2.88 bits per heavy atom. The molecule has 0 unspecified atom stereocenters. The Labute approximate surface area is 141 Å². The van der Waals surface area contributed by atoms with Crippen molar-refractivity contribution < 1.29 is 14.3 Å².